The van der Waals surface area contributed by atoms with Gasteiger partial charge >= 0.3 is 0 Å². The average Bonchev–Trinajstić information content (AvgIpc) is 3.00. The molecule has 0 N–H and O–H groups in total. The molecule has 1 heterocycles. The number of aliphatic imine (C=N–C) groups is 1. The summed E-state index contributed by atoms with van der Waals surface area (Å²) in [4.78, 5) is 14.9. The Morgan fingerprint density at radius 3 is 2.77 bits per heavy atom. The van der Waals surface area contributed by atoms with E-state index in [9.17, 15) is 4.79 Å². The Bertz CT molecular complexity index is 571. The topological polar surface area (TPSA) is 47.9 Å². The first-order valence-electron chi connectivity index (χ1n) is 7.87. The van der Waals surface area contributed by atoms with E-state index in [1.807, 2.05) is 18.2 Å². The van der Waals surface area contributed by atoms with E-state index in [1.54, 1.807) is 6.08 Å². The maximum atomic E-state index is 10.8. The van der Waals surface area contributed by atoms with Crippen molar-refractivity contribution >= 4 is 17.7 Å². The van der Waals surface area contributed by atoms with Crippen molar-refractivity contribution in [1.29, 1.82) is 0 Å². The first-order valence-corrected chi connectivity index (χ1v) is 8.25. The number of benzene rings is 1. The Balaban J connectivity index is 1.80. The molecule has 2 aliphatic rings. The van der Waals surface area contributed by atoms with Crippen LogP contribution >= 0.6 is 11.6 Å². The minimum Gasteiger partial charge on any atom is -0.486 e. The van der Waals surface area contributed by atoms with Crippen LogP contribution in [0.3, 0.4) is 0 Å². The highest BCUT2D eigenvalue weighted by Crippen LogP contribution is 2.44. The Kier molecular flexibility index (Phi) is 4.82. The Morgan fingerprint density at radius 1 is 1.32 bits per heavy atom. The molecule has 0 aromatic heterocycles. The molecule has 1 aliphatic heterocycles. The third kappa shape index (κ3) is 3.19. The lowest BCUT2D eigenvalue weighted by molar-refractivity contribution is 0.00746. The number of halogens is 1. The summed E-state index contributed by atoms with van der Waals surface area (Å²) >= 11 is 6.38. The van der Waals surface area contributed by atoms with E-state index in [-0.39, 0.29) is 6.10 Å². The fraction of sp³-hybridized carbons (Fsp3) is 0.588. The second-order valence-electron chi connectivity index (χ2n) is 6.04. The molecule has 0 spiro atoms. The molecule has 1 aliphatic carbocycles. The Hall–Kier alpha value is -1.35. The minimum absolute atomic E-state index is 0.0607. The zero-order valence-electron chi connectivity index (χ0n) is 12.5. The number of hydrogen-bond donors (Lipinski definition) is 0. The lowest BCUT2D eigenvalue weighted by atomic mass is 9.89. The molecular weight excluding hydrogens is 302 g/mol. The summed E-state index contributed by atoms with van der Waals surface area (Å²) in [7, 11) is 0. The van der Waals surface area contributed by atoms with Gasteiger partial charge in [-0.25, -0.2) is 4.79 Å². The van der Waals surface area contributed by atoms with Crippen LogP contribution in [-0.2, 0) is 15.1 Å². The summed E-state index contributed by atoms with van der Waals surface area (Å²) in [5.41, 5.74) is 0.531. The molecule has 1 saturated heterocycles. The molecule has 1 unspecified atom stereocenters. The Labute approximate surface area is 135 Å². The highest BCUT2D eigenvalue weighted by molar-refractivity contribution is 6.32. The third-order valence-corrected chi connectivity index (χ3v) is 4.87. The van der Waals surface area contributed by atoms with Crippen LogP contribution in [0.15, 0.2) is 23.2 Å². The second kappa shape index (κ2) is 6.82. The van der Waals surface area contributed by atoms with E-state index >= 15 is 0 Å². The quantitative estimate of drug-likeness (QED) is 0.622. The van der Waals surface area contributed by atoms with E-state index < -0.39 is 5.54 Å². The average molecular weight is 322 g/mol. The van der Waals surface area contributed by atoms with Crippen molar-refractivity contribution in [2.24, 2.45) is 4.99 Å². The Morgan fingerprint density at radius 2 is 2.14 bits per heavy atom. The van der Waals surface area contributed by atoms with Crippen molar-refractivity contribution in [2.45, 2.75) is 50.2 Å². The third-order valence-electron chi connectivity index (χ3n) is 4.57. The van der Waals surface area contributed by atoms with Crippen LogP contribution in [0.1, 0.15) is 44.1 Å². The molecule has 1 aromatic carbocycles. The zero-order valence-corrected chi connectivity index (χ0v) is 13.3. The molecular formula is C17H20ClNO3. The summed E-state index contributed by atoms with van der Waals surface area (Å²) < 4.78 is 11.4. The van der Waals surface area contributed by atoms with Crippen molar-refractivity contribution in [1.82, 2.24) is 0 Å². The summed E-state index contributed by atoms with van der Waals surface area (Å²) in [6.07, 6.45) is 7.67. The van der Waals surface area contributed by atoms with Gasteiger partial charge in [0.15, 0.2) is 0 Å². The van der Waals surface area contributed by atoms with Gasteiger partial charge in [-0.3, -0.25) is 0 Å². The molecule has 0 radical (unpaired) electrons. The van der Waals surface area contributed by atoms with Crippen molar-refractivity contribution < 1.29 is 14.3 Å². The van der Waals surface area contributed by atoms with Crippen LogP contribution in [-0.4, -0.2) is 25.4 Å². The minimum atomic E-state index is -0.447. The smallest absolute Gasteiger partial charge is 0.235 e. The van der Waals surface area contributed by atoms with Gasteiger partial charge in [0.05, 0.1) is 17.2 Å². The van der Waals surface area contributed by atoms with E-state index in [1.165, 1.54) is 0 Å². The van der Waals surface area contributed by atoms with Crippen molar-refractivity contribution in [3.8, 4) is 5.75 Å². The number of rotatable bonds is 4. The molecule has 2 fully saturated rings. The van der Waals surface area contributed by atoms with E-state index in [0.717, 1.165) is 50.7 Å². The van der Waals surface area contributed by atoms with Crippen LogP contribution in [0.25, 0.3) is 0 Å². The lowest BCUT2D eigenvalue weighted by Crippen LogP contribution is -2.28. The molecule has 118 valence electrons. The normalized spacial score (nSPS) is 23.8. The number of hydrogen-bond acceptors (Lipinski definition) is 4. The van der Waals surface area contributed by atoms with Gasteiger partial charge in [-0.05, 0) is 43.4 Å². The monoisotopic (exact) mass is 321 g/mol. The molecule has 0 bridgehead atoms. The van der Waals surface area contributed by atoms with E-state index in [2.05, 4.69) is 4.99 Å². The summed E-state index contributed by atoms with van der Waals surface area (Å²) in [6, 6.07) is 5.73. The van der Waals surface area contributed by atoms with Crippen LogP contribution in [0.5, 0.6) is 5.75 Å². The maximum Gasteiger partial charge on any atom is 0.235 e. The predicted molar refractivity (Wildman–Crippen MR) is 84.2 cm³/mol. The number of carbonyl (C=O) groups excluding carboxylic acids is 1. The molecule has 4 nitrogen and oxygen atoms in total. The molecule has 5 heteroatoms. The van der Waals surface area contributed by atoms with Gasteiger partial charge in [0, 0.05) is 6.61 Å². The highest BCUT2D eigenvalue weighted by atomic mass is 35.5. The van der Waals surface area contributed by atoms with Crippen molar-refractivity contribution in [2.75, 3.05) is 13.2 Å². The fourth-order valence-electron chi connectivity index (χ4n) is 3.38. The van der Waals surface area contributed by atoms with Crippen LogP contribution in [0.2, 0.25) is 5.02 Å². The zero-order chi connectivity index (χ0) is 15.4. The molecule has 0 amide bonds. The lowest BCUT2D eigenvalue weighted by Gasteiger charge is -2.26. The van der Waals surface area contributed by atoms with E-state index in [0.29, 0.717) is 17.4 Å². The SMILES string of the molecule is O=C=NC1(c2ccc(OC3CCCOC3)c(Cl)c2)CCCC1. The van der Waals surface area contributed by atoms with Gasteiger partial charge in [0.1, 0.15) is 11.9 Å². The molecule has 22 heavy (non-hydrogen) atoms. The van der Waals surface area contributed by atoms with Gasteiger partial charge in [0.2, 0.25) is 6.08 Å². The van der Waals surface area contributed by atoms with Crippen molar-refractivity contribution in [3.05, 3.63) is 28.8 Å². The molecule has 3 rings (SSSR count). The van der Waals surface area contributed by atoms with Gasteiger partial charge < -0.3 is 9.47 Å². The largest absolute Gasteiger partial charge is 0.486 e. The van der Waals surface area contributed by atoms with Crippen LogP contribution < -0.4 is 4.74 Å². The highest BCUT2D eigenvalue weighted by Gasteiger charge is 2.36. The molecule has 1 atom stereocenters. The first-order chi connectivity index (χ1) is 10.7. The summed E-state index contributed by atoms with van der Waals surface area (Å²) in [5.74, 6) is 0.671. The summed E-state index contributed by atoms with van der Waals surface area (Å²) in [5, 5.41) is 0.565. The van der Waals surface area contributed by atoms with E-state index in [4.69, 9.17) is 21.1 Å². The van der Waals surface area contributed by atoms with Crippen LogP contribution in [0, 0.1) is 0 Å². The fourth-order valence-corrected chi connectivity index (χ4v) is 3.61. The second-order valence-corrected chi connectivity index (χ2v) is 6.45. The van der Waals surface area contributed by atoms with Gasteiger partial charge in [-0.1, -0.05) is 30.5 Å². The van der Waals surface area contributed by atoms with Gasteiger partial charge in [-0.2, -0.15) is 4.99 Å². The predicted octanol–water partition coefficient (Wildman–Crippen LogP) is 4.00. The van der Waals surface area contributed by atoms with Crippen molar-refractivity contribution in [3.63, 3.8) is 0 Å². The van der Waals surface area contributed by atoms with Crippen LogP contribution in [0.4, 0.5) is 0 Å². The maximum absolute atomic E-state index is 10.8. The molecule has 1 saturated carbocycles. The van der Waals surface area contributed by atoms with Gasteiger partial charge in [0.25, 0.3) is 0 Å². The van der Waals surface area contributed by atoms with Gasteiger partial charge in [-0.15, -0.1) is 0 Å². The summed E-state index contributed by atoms with van der Waals surface area (Å²) in [6.45, 7) is 1.41. The molecule has 1 aromatic rings. The standard InChI is InChI=1S/C17H20ClNO3/c18-15-10-13(17(19-12-20)7-1-2-8-17)5-6-16(15)22-14-4-3-9-21-11-14/h5-6,10,14H,1-4,7-9,11H2. The number of ether oxygens (including phenoxy) is 2. The first kappa shape index (κ1) is 15.5. The number of isocyanates is 1. The number of nitrogens with zero attached hydrogens (tertiary/aromatic N) is 1.